The zero-order valence-corrected chi connectivity index (χ0v) is 18.7. The third-order valence-electron chi connectivity index (χ3n) is 4.64. The number of nitrogens with zero attached hydrogens (tertiary/aromatic N) is 1. The molecule has 0 bridgehead atoms. The average Bonchev–Trinajstić information content (AvgIpc) is 3.19. The summed E-state index contributed by atoms with van der Waals surface area (Å²) in [4.78, 5) is 6.11. The Morgan fingerprint density at radius 1 is 0.900 bits per heavy atom. The molecule has 1 heterocycles. The van der Waals surface area contributed by atoms with E-state index in [0.717, 1.165) is 38.0 Å². The molecule has 30 heavy (non-hydrogen) atoms. The van der Waals surface area contributed by atoms with E-state index in [2.05, 4.69) is 0 Å². The van der Waals surface area contributed by atoms with Crippen molar-refractivity contribution in [3.05, 3.63) is 77.8 Å². The lowest BCUT2D eigenvalue weighted by Gasteiger charge is -2.05. The van der Waals surface area contributed by atoms with E-state index in [1.54, 1.807) is 19.2 Å². The SMILES string of the molecule is COc1ccc(-c2nc(-c3ccccc3Cl)sc2-c2ccc(S(C)(=O)=O)cc2)cc1. The fourth-order valence-corrected chi connectivity index (χ4v) is 5.11. The number of rotatable bonds is 5. The number of thiazole rings is 1. The number of ether oxygens (including phenoxy) is 1. The lowest BCUT2D eigenvalue weighted by atomic mass is 10.1. The maximum absolute atomic E-state index is 11.8. The molecule has 0 saturated carbocycles. The molecular formula is C23H18ClNO3S2. The van der Waals surface area contributed by atoms with Gasteiger partial charge in [0, 0.05) is 17.4 Å². The Labute approximate surface area is 184 Å². The third kappa shape index (κ3) is 4.12. The Morgan fingerprint density at radius 3 is 2.13 bits per heavy atom. The van der Waals surface area contributed by atoms with Crippen LogP contribution in [0.15, 0.2) is 77.7 Å². The van der Waals surface area contributed by atoms with Crippen LogP contribution in [-0.2, 0) is 9.84 Å². The van der Waals surface area contributed by atoms with Crippen LogP contribution in [0.2, 0.25) is 5.02 Å². The van der Waals surface area contributed by atoms with E-state index in [9.17, 15) is 8.42 Å². The highest BCUT2D eigenvalue weighted by atomic mass is 35.5. The lowest BCUT2D eigenvalue weighted by molar-refractivity contribution is 0.415. The molecule has 4 nitrogen and oxygen atoms in total. The highest BCUT2D eigenvalue weighted by molar-refractivity contribution is 7.90. The minimum absolute atomic E-state index is 0.285. The fraction of sp³-hybridized carbons (Fsp3) is 0.0870. The summed E-state index contributed by atoms with van der Waals surface area (Å²) in [5, 5.41) is 1.43. The maximum atomic E-state index is 11.8. The van der Waals surface area contributed by atoms with Gasteiger partial charge in [-0.2, -0.15) is 0 Å². The Kier molecular flexibility index (Phi) is 5.64. The Balaban J connectivity index is 1.88. The van der Waals surface area contributed by atoms with Crippen LogP contribution in [0.3, 0.4) is 0 Å². The second-order valence-electron chi connectivity index (χ2n) is 6.70. The molecule has 0 aliphatic rings. The molecule has 152 valence electrons. The van der Waals surface area contributed by atoms with Gasteiger partial charge in [0.25, 0.3) is 0 Å². The Hall–Kier alpha value is -2.67. The molecule has 0 aliphatic carbocycles. The Morgan fingerprint density at radius 2 is 1.53 bits per heavy atom. The van der Waals surface area contributed by atoms with Crippen molar-refractivity contribution in [3.8, 4) is 38.0 Å². The van der Waals surface area contributed by atoms with Gasteiger partial charge in [-0.1, -0.05) is 41.9 Å². The summed E-state index contributed by atoms with van der Waals surface area (Å²) in [7, 11) is -1.63. The van der Waals surface area contributed by atoms with E-state index in [0.29, 0.717) is 5.02 Å². The first-order valence-electron chi connectivity index (χ1n) is 9.07. The van der Waals surface area contributed by atoms with Gasteiger partial charge in [-0.15, -0.1) is 11.3 Å². The number of methoxy groups -OCH3 is 1. The monoisotopic (exact) mass is 455 g/mol. The van der Waals surface area contributed by atoms with E-state index >= 15 is 0 Å². The van der Waals surface area contributed by atoms with Crippen molar-refractivity contribution in [2.75, 3.05) is 13.4 Å². The van der Waals surface area contributed by atoms with Crippen molar-refractivity contribution < 1.29 is 13.2 Å². The average molecular weight is 456 g/mol. The van der Waals surface area contributed by atoms with Crippen LogP contribution in [-0.4, -0.2) is 26.8 Å². The molecule has 0 unspecified atom stereocenters. The van der Waals surface area contributed by atoms with E-state index in [1.807, 2.05) is 60.7 Å². The summed E-state index contributed by atoms with van der Waals surface area (Å²) in [6.07, 6.45) is 1.20. The van der Waals surface area contributed by atoms with Crippen LogP contribution in [0.4, 0.5) is 0 Å². The van der Waals surface area contributed by atoms with Gasteiger partial charge in [-0.25, -0.2) is 13.4 Å². The van der Waals surface area contributed by atoms with Crippen molar-refractivity contribution in [2.24, 2.45) is 0 Å². The van der Waals surface area contributed by atoms with Crippen LogP contribution in [0.5, 0.6) is 5.75 Å². The van der Waals surface area contributed by atoms with Crippen molar-refractivity contribution >= 4 is 32.8 Å². The van der Waals surface area contributed by atoms with Crippen molar-refractivity contribution in [3.63, 3.8) is 0 Å². The highest BCUT2D eigenvalue weighted by Crippen LogP contribution is 2.42. The molecule has 4 aromatic rings. The maximum Gasteiger partial charge on any atom is 0.175 e. The van der Waals surface area contributed by atoms with E-state index in [1.165, 1.54) is 17.6 Å². The molecular weight excluding hydrogens is 438 g/mol. The Bertz CT molecular complexity index is 1300. The number of halogens is 1. The van der Waals surface area contributed by atoms with Crippen LogP contribution in [0, 0.1) is 0 Å². The molecule has 0 radical (unpaired) electrons. The topological polar surface area (TPSA) is 56.3 Å². The summed E-state index contributed by atoms with van der Waals surface area (Å²) < 4.78 is 28.9. The third-order valence-corrected chi connectivity index (χ3v) is 7.24. The van der Waals surface area contributed by atoms with Gasteiger partial charge >= 0.3 is 0 Å². The molecule has 0 amide bonds. The van der Waals surface area contributed by atoms with Crippen LogP contribution >= 0.6 is 22.9 Å². The minimum atomic E-state index is -3.26. The number of benzene rings is 3. The molecule has 0 fully saturated rings. The van der Waals surface area contributed by atoms with Crippen LogP contribution in [0.1, 0.15) is 0 Å². The zero-order valence-electron chi connectivity index (χ0n) is 16.3. The summed E-state index contributed by atoms with van der Waals surface area (Å²) in [6.45, 7) is 0. The number of hydrogen-bond donors (Lipinski definition) is 0. The lowest BCUT2D eigenvalue weighted by Crippen LogP contribution is -1.96. The minimum Gasteiger partial charge on any atom is -0.497 e. The molecule has 0 spiro atoms. The number of hydrogen-bond acceptors (Lipinski definition) is 5. The second-order valence-corrected chi connectivity index (χ2v) is 10.1. The van der Waals surface area contributed by atoms with Crippen molar-refractivity contribution in [1.82, 2.24) is 4.98 Å². The highest BCUT2D eigenvalue weighted by Gasteiger charge is 2.18. The smallest absolute Gasteiger partial charge is 0.175 e. The molecule has 7 heteroatoms. The quantitative estimate of drug-likeness (QED) is 0.359. The summed E-state index contributed by atoms with van der Waals surface area (Å²) >= 11 is 7.93. The summed E-state index contributed by atoms with van der Waals surface area (Å²) in [5.41, 5.74) is 3.50. The predicted octanol–water partition coefficient (Wildman–Crippen LogP) is 6.21. The summed E-state index contributed by atoms with van der Waals surface area (Å²) in [6, 6.07) is 22.2. The number of sulfone groups is 1. The summed E-state index contributed by atoms with van der Waals surface area (Å²) in [5.74, 6) is 0.763. The van der Waals surface area contributed by atoms with Crippen molar-refractivity contribution in [2.45, 2.75) is 4.90 Å². The molecule has 0 N–H and O–H groups in total. The fourth-order valence-electron chi connectivity index (χ4n) is 3.06. The molecule has 1 aromatic heterocycles. The number of aromatic nitrogens is 1. The van der Waals surface area contributed by atoms with Gasteiger partial charge in [0.15, 0.2) is 9.84 Å². The van der Waals surface area contributed by atoms with Crippen molar-refractivity contribution in [1.29, 1.82) is 0 Å². The second kappa shape index (κ2) is 8.22. The molecule has 3 aromatic carbocycles. The standard InChI is InChI=1S/C23H18ClNO3S2/c1-28-17-11-7-15(8-12-17)21-22(16-9-13-18(14-10-16)30(2,26)27)29-23(25-21)19-5-3-4-6-20(19)24/h3-14H,1-2H3. The van der Waals surface area contributed by atoms with Crippen LogP contribution < -0.4 is 4.74 Å². The first-order valence-corrected chi connectivity index (χ1v) is 12.2. The van der Waals surface area contributed by atoms with Gasteiger partial charge in [0.2, 0.25) is 0 Å². The van der Waals surface area contributed by atoms with Gasteiger partial charge < -0.3 is 4.74 Å². The first-order chi connectivity index (χ1) is 14.4. The molecule has 0 saturated heterocycles. The van der Waals surface area contributed by atoms with Gasteiger partial charge in [-0.3, -0.25) is 0 Å². The molecule has 0 atom stereocenters. The van der Waals surface area contributed by atoms with Crippen LogP contribution in [0.25, 0.3) is 32.3 Å². The predicted molar refractivity (Wildman–Crippen MR) is 123 cm³/mol. The van der Waals surface area contributed by atoms with E-state index < -0.39 is 9.84 Å². The van der Waals surface area contributed by atoms with E-state index in [4.69, 9.17) is 21.3 Å². The zero-order chi connectivity index (χ0) is 21.3. The first kappa shape index (κ1) is 20.6. The van der Waals surface area contributed by atoms with E-state index in [-0.39, 0.29) is 4.90 Å². The van der Waals surface area contributed by atoms with Gasteiger partial charge in [0.1, 0.15) is 10.8 Å². The normalized spacial score (nSPS) is 11.4. The molecule has 4 rings (SSSR count). The largest absolute Gasteiger partial charge is 0.497 e. The molecule has 0 aliphatic heterocycles. The van der Waals surface area contributed by atoms with Gasteiger partial charge in [0.05, 0.1) is 27.6 Å². The van der Waals surface area contributed by atoms with Gasteiger partial charge in [-0.05, 0) is 48.0 Å².